The van der Waals surface area contributed by atoms with Crippen LogP contribution in [0, 0.1) is 13.8 Å². The Morgan fingerprint density at radius 3 is 2.55 bits per heavy atom. The second-order valence-corrected chi connectivity index (χ2v) is 8.26. The van der Waals surface area contributed by atoms with E-state index in [1.54, 1.807) is 6.20 Å². The Labute approximate surface area is 174 Å². The van der Waals surface area contributed by atoms with Gasteiger partial charge in [-0.3, -0.25) is 9.59 Å². The number of hydrogen-bond acceptors (Lipinski definition) is 3. The lowest BCUT2D eigenvalue weighted by Crippen LogP contribution is -2.38. The van der Waals surface area contributed by atoms with Crippen LogP contribution in [0.3, 0.4) is 0 Å². The minimum atomic E-state index is -0.223. The number of fused-ring (bicyclic) bond motifs is 1. The molecule has 7 heteroatoms. The number of amides is 1. The van der Waals surface area contributed by atoms with Crippen LogP contribution in [0.5, 0.6) is 0 Å². The van der Waals surface area contributed by atoms with E-state index in [2.05, 4.69) is 15.0 Å². The number of carbonyl (C=O) groups is 1. The third-order valence-corrected chi connectivity index (χ3v) is 6.12. The Kier molecular flexibility index (Phi) is 5.46. The molecule has 0 spiro atoms. The highest BCUT2D eigenvalue weighted by atomic mass is 35.5. The topological polar surface area (TPSA) is 68.9 Å². The molecule has 1 amide bonds. The first-order valence-corrected chi connectivity index (χ1v) is 10.4. The Hall–Kier alpha value is -2.60. The number of hydrogen-bond donors (Lipinski definition) is 1. The SMILES string of the molecule is Cc1c2cnn(CC(=O)NC3CCCC3)c(=O)c2c(C)n1Cc1ccc(Cl)cc1. The lowest BCUT2D eigenvalue weighted by atomic mass is 10.2. The molecule has 4 rings (SSSR count). The number of rotatable bonds is 5. The molecule has 1 fully saturated rings. The summed E-state index contributed by atoms with van der Waals surface area (Å²) < 4.78 is 3.38. The number of halogens is 1. The Balaban J connectivity index is 1.63. The van der Waals surface area contributed by atoms with Crippen LogP contribution < -0.4 is 10.9 Å². The maximum Gasteiger partial charge on any atom is 0.276 e. The molecular weight excluding hydrogens is 388 g/mol. The van der Waals surface area contributed by atoms with Crippen molar-refractivity contribution in [1.29, 1.82) is 0 Å². The second-order valence-electron chi connectivity index (χ2n) is 7.83. The van der Waals surface area contributed by atoms with Crippen LogP contribution in [-0.2, 0) is 17.9 Å². The first-order valence-electron chi connectivity index (χ1n) is 10.0. The van der Waals surface area contributed by atoms with Crippen molar-refractivity contribution in [3.8, 4) is 0 Å². The Bertz CT molecular complexity index is 1110. The van der Waals surface area contributed by atoms with E-state index in [0.717, 1.165) is 48.0 Å². The molecule has 0 radical (unpaired) electrons. The van der Waals surface area contributed by atoms with Gasteiger partial charge in [0.05, 0.1) is 11.6 Å². The zero-order chi connectivity index (χ0) is 20.5. The third kappa shape index (κ3) is 3.94. The minimum absolute atomic E-state index is 0.0495. The molecule has 2 heterocycles. The molecule has 1 N–H and O–H groups in total. The van der Waals surface area contributed by atoms with E-state index in [4.69, 9.17) is 11.6 Å². The molecule has 1 aliphatic rings. The summed E-state index contributed by atoms with van der Waals surface area (Å²) >= 11 is 5.98. The van der Waals surface area contributed by atoms with E-state index in [0.29, 0.717) is 17.0 Å². The van der Waals surface area contributed by atoms with Crippen LogP contribution >= 0.6 is 11.6 Å². The summed E-state index contributed by atoms with van der Waals surface area (Å²) in [6.07, 6.45) is 6.02. The normalized spacial score (nSPS) is 14.6. The van der Waals surface area contributed by atoms with Crippen molar-refractivity contribution < 1.29 is 4.79 Å². The lowest BCUT2D eigenvalue weighted by Gasteiger charge is -2.12. The molecule has 2 aromatic heterocycles. The summed E-state index contributed by atoms with van der Waals surface area (Å²) in [6, 6.07) is 7.92. The van der Waals surface area contributed by atoms with E-state index in [-0.39, 0.29) is 24.1 Å². The summed E-state index contributed by atoms with van der Waals surface area (Å²) in [5, 5.41) is 9.43. The molecule has 1 saturated carbocycles. The van der Waals surface area contributed by atoms with Gasteiger partial charge < -0.3 is 9.88 Å². The number of nitrogens with zero attached hydrogens (tertiary/aromatic N) is 3. The zero-order valence-corrected chi connectivity index (χ0v) is 17.5. The summed E-state index contributed by atoms with van der Waals surface area (Å²) in [7, 11) is 0. The molecule has 152 valence electrons. The maximum absolute atomic E-state index is 13.1. The van der Waals surface area contributed by atoms with Crippen LogP contribution in [0.4, 0.5) is 0 Å². The van der Waals surface area contributed by atoms with Gasteiger partial charge in [0.25, 0.3) is 5.56 Å². The molecule has 3 aromatic rings. The predicted octanol–water partition coefficient (Wildman–Crippen LogP) is 3.58. The van der Waals surface area contributed by atoms with E-state index in [1.165, 1.54) is 4.68 Å². The van der Waals surface area contributed by atoms with Crippen molar-refractivity contribution in [3.63, 3.8) is 0 Å². The molecule has 0 unspecified atom stereocenters. The van der Waals surface area contributed by atoms with Crippen molar-refractivity contribution >= 4 is 28.3 Å². The quantitative estimate of drug-likeness (QED) is 0.696. The van der Waals surface area contributed by atoms with E-state index in [9.17, 15) is 9.59 Å². The van der Waals surface area contributed by atoms with Crippen LogP contribution in [0.2, 0.25) is 5.02 Å². The highest BCUT2D eigenvalue weighted by Crippen LogP contribution is 2.23. The summed E-state index contributed by atoms with van der Waals surface area (Å²) in [5.41, 5.74) is 2.74. The highest BCUT2D eigenvalue weighted by Gasteiger charge is 2.20. The van der Waals surface area contributed by atoms with Gasteiger partial charge in [0.2, 0.25) is 5.91 Å². The van der Waals surface area contributed by atoms with Crippen molar-refractivity contribution in [2.45, 2.75) is 58.7 Å². The minimum Gasteiger partial charge on any atom is -0.352 e. The molecule has 0 saturated heterocycles. The van der Waals surface area contributed by atoms with Gasteiger partial charge in [-0.2, -0.15) is 5.10 Å². The van der Waals surface area contributed by atoms with Gasteiger partial charge in [0, 0.05) is 34.4 Å². The number of benzene rings is 1. The van der Waals surface area contributed by atoms with Crippen LogP contribution in [0.1, 0.15) is 42.6 Å². The lowest BCUT2D eigenvalue weighted by molar-refractivity contribution is -0.122. The molecule has 1 aromatic carbocycles. The fourth-order valence-corrected chi connectivity index (χ4v) is 4.37. The molecule has 1 aliphatic carbocycles. The van der Waals surface area contributed by atoms with E-state index < -0.39 is 0 Å². The smallest absolute Gasteiger partial charge is 0.276 e. The number of nitrogens with one attached hydrogen (secondary N) is 1. The first kappa shape index (κ1) is 19.7. The summed E-state index contributed by atoms with van der Waals surface area (Å²) in [6.45, 7) is 4.52. The van der Waals surface area contributed by atoms with Gasteiger partial charge in [0.15, 0.2) is 0 Å². The molecular formula is C22H25ClN4O2. The van der Waals surface area contributed by atoms with Gasteiger partial charge >= 0.3 is 0 Å². The summed E-state index contributed by atoms with van der Waals surface area (Å²) in [4.78, 5) is 25.4. The molecule has 0 atom stereocenters. The number of carbonyl (C=O) groups excluding carboxylic acids is 1. The Morgan fingerprint density at radius 1 is 1.17 bits per heavy atom. The van der Waals surface area contributed by atoms with Gasteiger partial charge in [-0.25, -0.2) is 4.68 Å². The standard InChI is InChI=1S/C22H25ClN4O2/c1-14-19-11-24-27(13-20(28)25-18-5-3-4-6-18)22(29)21(19)15(2)26(14)12-16-7-9-17(23)10-8-16/h7-11,18H,3-6,12-13H2,1-2H3,(H,25,28). The fraction of sp³-hybridized carbons (Fsp3) is 0.409. The molecule has 0 aliphatic heterocycles. The molecule has 0 bridgehead atoms. The number of aromatic nitrogens is 3. The monoisotopic (exact) mass is 412 g/mol. The van der Waals surface area contributed by atoms with Gasteiger partial charge in [-0.15, -0.1) is 0 Å². The highest BCUT2D eigenvalue weighted by molar-refractivity contribution is 6.30. The Morgan fingerprint density at radius 2 is 1.86 bits per heavy atom. The summed E-state index contributed by atoms with van der Waals surface area (Å²) in [5.74, 6) is -0.152. The average Bonchev–Trinajstić information content (AvgIpc) is 3.28. The average molecular weight is 413 g/mol. The zero-order valence-electron chi connectivity index (χ0n) is 16.7. The van der Waals surface area contributed by atoms with Crippen LogP contribution in [0.15, 0.2) is 35.3 Å². The van der Waals surface area contributed by atoms with Gasteiger partial charge in [-0.05, 0) is 44.4 Å². The van der Waals surface area contributed by atoms with Crippen molar-refractivity contribution in [3.05, 3.63) is 62.8 Å². The molecule has 6 nitrogen and oxygen atoms in total. The largest absolute Gasteiger partial charge is 0.352 e. The molecule has 29 heavy (non-hydrogen) atoms. The maximum atomic E-state index is 13.1. The van der Waals surface area contributed by atoms with Crippen molar-refractivity contribution in [2.75, 3.05) is 0 Å². The predicted molar refractivity (Wildman–Crippen MR) is 114 cm³/mol. The first-order chi connectivity index (χ1) is 13.9. The van der Waals surface area contributed by atoms with Crippen molar-refractivity contribution in [1.82, 2.24) is 19.7 Å². The van der Waals surface area contributed by atoms with E-state index >= 15 is 0 Å². The van der Waals surface area contributed by atoms with Gasteiger partial charge in [0.1, 0.15) is 6.54 Å². The number of aryl methyl sites for hydroxylation is 2. The second kappa shape index (κ2) is 8.03. The fourth-order valence-electron chi connectivity index (χ4n) is 4.25. The van der Waals surface area contributed by atoms with Crippen molar-refractivity contribution in [2.24, 2.45) is 0 Å². The van der Waals surface area contributed by atoms with E-state index in [1.807, 2.05) is 38.1 Å². The third-order valence-electron chi connectivity index (χ3n) is 5.87. The van der Waals surface area contributed by atoms with Crippen LogP contribution in [0.25, 0.3) is 10.8 Å². The van der Waals surface area contributed by atoms with Crippen LogP contribution in [-0.4, -0.2) is 26.3 Å². The van der Waals surface area contributed by atoms with Gasteiger partial charge in [-0.1, -0.05) is 36.6 Å².